The average molecular weight is 188 g/mol. The molecule has 0 saturated carbocycles. The molecule has 1 N–H and O–H groups in total. The Bertz CT molecular complexity index is 510. The highest BCUT2D eigenvalue weighted by atomic mass is 16.5. The Kier molecular flexibility index (Phi) is 2.05. The molecule has 4 nitrogen and oxygen atoms in total. The van der Waals surface area contributed by atoms with Crippen molar-refractivity contribution in [3.63, 3.8) is 0 Å². The normalized spacial score (nSPS) is 9.79. The highest BCUT2D eigenvalue weighted by molar-refractivity contribution is 5.92. The second-order valence-electron chi connectivity index (χ2n) is 2.79. The summed E-state index contributed by atoms with van der Waals surface area (Å²) in [6.07, 6.45) is 3.18. The number of H-pyrrole nitrogens is 1. The zero-order valence-corrected chi connectivity index (χ0v) is 7.57. The van der Waals surface area contributed by atoms with Gasteiger partial charge in [-0.3, -0.25) is 0 Å². The molecule has 0 aliphatic rings. The van der Waals surface area contributed by atoms with Crippen molar-refractivity contribution >= 4 is 22.7 Å². The van der Waals surface area contributed by atoms with E-state index in [1.165, 1.54) is 6.08 Å². The third kappa shape index (κ3) is 1.28. The van der Waals surface area contributed by atoms with E-state index in [1.54, 1.807) is 13.3 Å². The highest BCUT2D eigenvalue weighted by Crippen LogP contribution is 2.28. The molecule has 14 heavy (non-hydrogen) atoms. The number of aliphatic imine (C=N–C) groups is 1. The van der Waals surface area contributed by atoms with Crippen LogP contribution in [0.1, 0.15) is 0 Å². The lowest BCUT2D eigenvalue weighted by Crippen LogP contribution is -1.80. The fourth-order valence-electron chi connectivity index (χ4n) is 1.36. The zero-order valence-electron chi connectivity index (χ0n) is 7.57. The first-order chi connectivity index (χ1) is 6.85. The van der Waals surface area contributed by atoms with E-state index in [-0.39, 0.29) is 0 Å². The Morgan fingerprint density at radius 2 is 2.36 bits per heavy atom. The SMILES string of the molecule is COc1ccc2c(N=C=O)c[nH]c2c1. The van der Waals surface area contributed by atoms with E-state index in [0.29, 0.717) is 5.69 Å². The van der Waals surface area contributed by atoms with Crippen molar-refractivity contribution < 1.29 is 9.53 Å². The number of ether oxygens (including phenoxy) is 1. The van der Waals surface area contributed by atoms with E-state index in [9.17, 15) is 4.79 Å². The van der Waals surface area contributed by atoms with Crippen LogP contribution in [-0.4, -0.2) is 18.2 Å². The van der Waals surface area contributed by atoms with Gasteiger partial charge in [0.2, 0.25) is 6.08 Å². The van der Waals surface area contributed by atoms with Crippen molar-refractivity contribution in [2.24, 2.45) is 4.99 Å². The molecule has 1 heterocycles. The molecule has 0 aliphatic heterocycles. The molecule has 0 amide bonds. The molecular formula is C10H8N2O2. The Labute approximate surface area is 80.2 Å². The third-order valence-corrected chi connectivity index (χ3v) is 2.03. The number of nitrogens with zero attached hydrogens (tertiary/aromatic N) is 1. The minimum atomic E-state index is 0.595. The predicted octanol–water partition coefficient (Wildman–Crippen LogP) is 2.14. The number of rotatable bonds is 2. The lowest BCUT2D eigenvalue weighted by atomic mass is 10.2. The summed E-state index contributed by atoms with van der Waals surface area (Å²) < 4.78 is 5.06. The number of aromatic amines is 1. The number of carbonyl (C=O) groups excluding carboxylic acids is 1. The number of fused-ring (bicyclic) bond motifs is 1. The summed E-state index contributed by atoms with van der Waals surface area (Å²) in [5.41, 5.74) is 1.48. The summed E-state index contributed by atoms with van der Waals surface area (Å²) in [5.74, 6) is 0.765. The number of benzene rings is 1. The Balaban J connectivity index is 2.65. The van der Waals surface area contributed by atoms with Gasteiger partial charge in [-0.1, -0.05) is 0 Å². The largest absolute Gasteiger partial charge is 0.497 e. The fraction of sp³-hybridized carbons (Fsp3) is 0.100. The standard InChI is InChI=1S/C10H8N2O2/c1-14-7-2-3-8-9(4-7)11-5-10(8)12-6-13/h2-5,11H,1H3. The van der Waals surface area contributed by atoms with Gasteiger partial charge >= 0.3 is 0 Å². The van der Waals surface area contributed by atoms with E-state index in [2.05, 4.69) is 9.98 Å². The maximum Gasteiger partial charge on any atom is 0.240 e. The first-order valence-corrected chi connectivity index (χ1v) is 4.08. The molecule has 0 unspecified atom stereocenters. The zero-order chi connectivity index (χ0) is 9.97. The number of hydrogen-bond acceptors (Lipinski definition) is 3. The van der Waals surface area contributed by atoms with E-state index in [4.69, 9.17) is 4.74 Å². The van der Waals surface area contributed by atoms with Crippen molar-refractivity contribution in [2.75, 3.05) is 7.11 Å². The molecule has 0 saturated heterocycles. The number of methoxy groups -OCH3 is 1. The van der Waals surface area contributed by atoms with Crippen LogP contribution in [0.25, 0.3) is 10.9 Å². The van der Waals surface area contributed by atoms with Gasteiger partial charge in [-0.15, -0.1) is 0 Å². The van der Waals surface area contributed by atoms with Crippen LogP contribution in [0.5, 0.6) is 5.75 Å². The molecule has 0 radical (unpaired) electrons. The van der Waals surface area contributed by atoms with E-state index < -0.39 is 0 Å². The van der Waals surface area contributed by atoms with Gasteiger partial charge in [0.15, 0.2) is 0 Å². The first-order valence-electron chi connectivity index (χ1n) is 4.08. The number of isocyanates is 1. The predicted molar refractivity (Wildman–Crippen MR) is 52.6 cm³/mol. The molecule has 70 valence electrons. The summed E-state index contributed by atoms with van der Waals surface area (Å²) in [4.78, 5) is 16.7. The van der Waals surface area contributed by atoms with Crippen LogP contribution in [-0.2, 0) is 4.79 Å². The van der Waals surface area contributed by atoms with E-state index in [0.717, 1.165) is 16.7 Å². The molecular weight excluding hydrogens is 180 g/mol. The smallest absolute Gasteiger partial charge is 0.240 e. The Hall–Kier alpha value is -2.06. The van der Waals surface area contributed by atoms with Crippen molar-refractivity contribution in [1.29, 1.82) is 0 Å². The molecule has 0 bridgehead atoms. The second-order valence-corrected chi connectivity index (χ2v) is 2.79. The van der Waals surface area contributed by atoms with Crippen LogP contribution >= 0.6 is 0 Å². The van der Waals surface area contributed by atoms with Crippen molar-refractivity contribution in [3.8, 4) is 5.75 Å². The summed E-state index contributed by atoms with van der Waals surface area (Å²) in [6.45, 7) is 0. The molecule has 0 atom stereocenters. The van der Waals surface area contributed by atoms with Crippen LogP contribution in [0.4, 0.5) is 5.69 Å². The summed E-state index contributed by atoms with van der Waals surface area (Å²) in [7, 11) is 1.61. The maximum atomic E-state index is 10.1. The molecule has 0 fully saturated rings. The van der Waals surface area contributed by atoms with Gasteiger partial charge in [0.25, 0.3) is 0 Å². The van der Waals surface area contributed by atoms with Crippen LogP contribution in [0.2, 0.25) is 0 Å². The molecule has 0 aliphatic carbocycles. The molecule has 2 rings (SSSR count). The van der Waals surface area contributed by atoms with Crippen molar-refractivity contribution in [1.82, 2.24) is 4.98 Å². The van der Waals surface area contributed by atoms with Crippen LogP contribution < -0.4 is 4.74 Å². The van der Waals surface area contributed by atoms with Gasteiger partial charge in [0.1, 0.15) is 11.4 Å². The van der Waals surface area contributed by atoms with Gasteiger partial charge in [0.05, 0.1) is 12.6 Å². The summed E-state index contributed by atoms with van der Waals surface area (Å²) >= 11 is 0. The van der Waals surface area contributed by atoms with Crippen LogP contribution in [0.3, 0.4) is 0 Å². The quantitative estimate of drug-likeness (QED) is 0.579. The highest BCUT2D eigenvalue weighted by Gasteiger charge is 2.02. The van der Waals surface area contributed by atoms with Gasteiger partial charge in [-0.25, -0.2) is 4.79 Å². The minimum absolute atomic E-state index is 0.595. The van der Waals surface area contributed by atoms with E-state index in [1.807, 2.05) is 18.2 Å². The summed E-state index contributed by atoms with van der Waals surface area (Å²) in [6, 6.07) is 5.51. The lowest BCUT2D eigenvalue weighted by Gasteiger charge is -1.98. The molecule has 1 aromatic carbocycles. The first kappa shape index (κ1) is 8.53. The molecule has 1 aromatic heterocycles. The molecule has 2 aromatic rings. The maximum absolute atomic E-state index is 10.1. The van der Waals surface area contributed by atoms with Crippen LogP contribution in [0, 0.1) is 0 Å². The fourth-order valence-corrected chi connectivity index (χ4v) is 1.36. The monoisotopic (exact) mass is 188 g/mol. The van der Waals surface area contributed by atoms with Crippen molar-refractivity contribution in [2.45, 2.75) is 0 Å². The Morgan fingerprint density at radius 1 is 1.50 bits per heavy atom. The number of nitrogens with one attached hydrogen (secondary N) is 1. The minimum Gasteiger partial charge on any atom is -0.497 e. The second kappa shape index (κ2) is 3.36. The number of aromatic nitrogens is 1. The lowest BCUT2D eigenvalue weighted by molar-refractivity contribution is 0.415. The molecule has 0 spiro atoms. The van der Waals surface area contributed by atoms with Crippen molar-refractivity contribution in [3.05, 3.63) is 24.4 Å². The van der Waals surface area contributed by atoms with Gasteiger partial charge < -0.3 is 9.72 Å². The Morgan fingerprint density at radius 3 is 3.07 bits per heavy atom. The third-order valence-electron chi connectivity index (χ3n) is 2.03. The average Bonchev–Trinajstić information content (AvgIpc) is 2.61. The van der Waals surface area contributed by atoms with Gasteiger partial charge in [0, 0.05) is 17.6 Å². The van der Waals surface area contributed by atoms with Crippen LogP contribution in [0.15, 0.2) is 29.4 Å². The van der Waals surface area contributed by atoms with Gasteiger partial charge in [-0.2, -0.15) is 4.99 Å². The van der Waals surface area contributed by atoms with Gasteiger partial charge in [-0.05, 0) is 12.1 Å². The summed E-state index contributed by atoms with van der Waals surface area (Å²) in [5, 5.41) is 0.883. The molecule has 4 heteroatoms. The van der Waals surface area contributed by atoms with E-state index >= 15 is 0 Å². The number of hydrogen-bond donors (Lipinski definition) is 1. The topological polar surface area (TPSA) is 54.4 Å².